The van der Waals surface area contributed by atoms with Gasteiger partial charge in [-0.1, -0.05) is 5.16 Å². The van der Waals surface area contributed by atoms with E-state index in [0.717, 1.165) is 30.8 Å². The van der Waals surface area contributed by atoms with E-state index < -0.39 is 0 Å². The van der Waals surface area contributed by atoms with Crippen molar-refractivity contribution in [3.63, 3.8) is 0 Å². The number of nitrogens with zero attached hydrogens (tertiary/aromatic N) is 6. The number of aromatic nitrogens is 5. The molecule has 5 rings (SSSR count). The molecule has 1 fully saturated rings. The summed E-state index contributed by atoms with van der Waals surface area (Å²) in [6.45, 7) is 3.37. The lowest BCUT2D eigenvalue weighted by molar-refractivity contribution is 0.104. The number of methoxy groups -OCH3 is 1. The molecule has 10 heteroatoms. The van der Waals surface area contributed by atoms with Crippen molar-refractivity contribution in [1.29, 1.82) is 0 Å². The maximum absolute atomic E-state index is 12.8. The average Bonchev–Trinajstić information content (AvgIpc) is 3.16. The van der Waals surface area contributed by atoms with Gasteiger partial charge in [0, 0.05) is 56.1 Å². The van der Waals surface area contributed by atoms with Gasteiger partial charge >= 0.3 is 0 Å². The van der Waals surface area contributed by atoms with Crippen LogP contribution in [0.25, 0.3) is 11.3 Å². The van der Waals surface area contributed by atoms with Crippen molar-refractivity contribution in [1.82, 2.24) is 29.6 Å². The van der Waals surface area contributed by atoms with Gasteiger partial charge in [-0.2, -0.15) is 4.98 Å². The molecule has 2 aliphatic heterocycles. The third kappa shape index (κ3) is 3.59. The fraction of sp³-hybridized carbons (Fsp3) is 0.450. The second kappa shape index (κ2) is 7.62. The van der Waals surface area contributed by atoms with Gasteiger partial charge in [0.15, 0.2) is 5.82 Å². The molecule has 0 unspecified atom stereocenters. The molecule has 2 aliphatic rings. The van der Waals surface area contributed by atoms with Crippen molar-refractivity contribution in [2.75, 3.05) is 25.9 Å². The molecular formula is C20H23N7O3. The topological polar surface area (TPSA) is 125 Å². The van der Waals surface area contributed by atoms with Crippen LogP contribution in [-0.4, -0.2) is 49.8 Å². The molecule has 2 N–H and O–H groups in total. The van der Waals surface area contributed by atoms with Gasteiger partial charge in [0.1, 0.15) is 18.8 Å². The number of ether oxygens (including phenoxy) is 1. The Morgan fingerprint density at radius 3 is 2.97 bits per heavy atom. The van der Waals surface area contributed by atoms with Gasteiger partial charge in [0.05, 0.1) is 12.2 Å². The zero-order chi connectivity index (χ0) is 20.7. The lowest BCUT2D eigenvalue weighted by atomic mass is 9.82. The molecule has 3 aromatic rings. The smallest absolute Gasteiger partial charge is 0.251 e. The summed E-state index contributed by atoms with van der Waals surface area (Å²) in [5.74, 6) is 2.19. The molecule has 5 heterocycles. The molecule has 0 radical (unpaired) electrons. The Morgan fingerprint density at radius 2 is 2.13 bits per heavy atom. The number of nitrogens with two attached hydrogens (primary N) is 1. The van der Waals surface area contributed by atoms with Crippen molar-refractivity contribution in [2.45, 2.75) is 32.0 Å². The number of hydrogen-bond donors (Lipinski definition) is 1. The van der Waals surface area contributed by atoms with Crippen LogP contribution in [0.5, 0.6) is 0 Å². The summed E-state index contributed by atoms with van der Waals surface area (Å²) in [6.07, 6.45) is 2.48. The fourth-order valence-electron chi connectivity index (χ4n) is 4.60. The molecule has 2 atom stereocenters. The van der Waals surface area contributed by atoms with Crippen LogP contribution in [0.3, 0.4) is 0 Å². The number of fused-ring (bicyclic) bond motifs is 4. The maximum Gasteiger partial charge on any atom is 0.251 e. The SMILES string of the molecule is COCc1noc(CN2C[C@@H]3C[C@H](C2)c2cc(-c4cc(N)ncn4)cc(=O)n2C3)n1. The van der Waals surface area contributed by atoms with E-state index in [9.17, 15) is 4.79 Å². The molecule has 0 aromatic carbocycles. The molecule has 10 nitrogen and oxygen atoms in total. The third-order valence-electron chi connectivity index (χ3n) is 5.76. The first kappa shape index (κ1) is 18.9. The Labute approximate surface area is 172 Å². The normalized spacial score (nSPS) is 20.8. The van der Waals surface area contributed by atoms with Gasteiger partial charge in [-0.15, -0.1) is 0 Å². The highest BCUT2D eigenvalue weighted by atomic mass is 16.5. The molecule has 30 heavy (non-hydrogen) atoms. The van der Waals surface area contributed by atoms with Crippen LogP contribution in [0.4, 0.5) is 5.82 Å². The first-order chi connectivity index (χ1) is 14.6. The summed E-state index contributed by atoms with van der Waals surface area (Å²) in [5.41, 5.74) is 8.28. The standard InChI is InChI=1S/C20H23N7O3/c1-29-10-18-24-19(30-25-18)9-26-6-12-2-14(8-26)16-3-13(4-20(28)27(16)7-12)15-5-17(21)23-11-22-15/h3-5,11-12,14H,2,6-10H2,1H3,(H2,21,22,23)/t12-,14+/m0/s1. The second-order valence-electron chi connectivity index (χ2n) is 7.98. The highest BCUT2D eigenvalue weighted by Gasteiger charge is 2.35. The first-order valence-corrected chi connectivity index (χ1v) is 9.94. The van der Waals surface area contributed by atoms with Crippen LogP contribution >= 0.6 is 0 Å². The van der Waals surface area contributed by atoms with Gasteiger partial charge in [0.25, 0.3) is 5.56 Å². The van der Waals surface area contributed by atoms with E-state index in [4.69, 9.17) is 15.0 Å². The van der Waals surface area contributed by atoms with Crippen LogP contribution in [0, 0.1) is 5.92 Å². The van der Waals surface area contributed by atoms with Crippen LogP contribution in [0.1, 0.15) is 29.7 Å². The largest absolute Gasteiger partial charge is 0.384 e. The number of anilines is 1. The van der Waals surface area contributed by atoms with Crippen molar-refractivity contribution in [2.24, 2.45) is 5.92 Å². The highest BCUT2D eigenvalue weighted by molar-refractivity contribution is 5.61. The number of piperidine rings is 1. The molecule has 0 saturated carbocycles. The Bertz CT molecular complexity index is 1130. The Kier molecular flexibility index (Phi) is 4.80. The first-order valence-electron chi connectivity index (χ1n) is 9.94. The Hall–Kier alpha value is -3.11. The quantitative estimate of drug-likeness (QED) is 0.658. The van der Waals surface area contributed by atoms with Crippen molar-refractivity contribution < 1.29 is 9.26 Å². The van der Waals surface area contributed by atoms with Crippen LogP contribution in [0.2, 0.25) is 0 Å². The van der Waals surface area contributed by atoms with E-state index in [1.165, 1.54) is 6.33 Å². The lowest BCUT2D eigenvalue weighted by Crippen LogP contribution is -2.46. The predicted octanol–water partition coefficient (Wildman–Crippen LogP) is 1.04. The summed E-state index contributed by atoms with van der Waals surface area (Å²) in [6, 6.07) is 5.40. The van der Waals surface area contributed by atoms with E-state index in [0.29, 0.717) is 48.8 Å². The minimum Gasteiger partial charge on any atom is -0.384 e. The summed E-state index contributed by atoms with van der Waals surface area (Å²) in [5, 5.41) is 3.94. The van der Waals surface area contributed by atoms with Crippen LogP contribution in [0.15, 0.2) is 33.8 Å². The van der Waals surface area contributed by atoms with Gasteiger partial charge < -0.3 is 19.6 Å². The molecule has 0 amide bonds. The predicted molar refractivity (Wildman–Crippen MR) is 107 cm³/mol. The van der Waals surface area contributed by atoms with Gasteiger partial charge in [-0.25, -0.2) is 9.97 Å². The average molecular weight is 409 g/mol. The molecular weight excluding hydrogens is 386 g/mol. The van der Waals surface area contributed by atoms with Crippen molar-refractivity contribution in [3.05, 3.63) is 52.3 Å². The van der Waals surface area contributed by atoms with E-state index >= 15 is 0 Å². The molecule has 0 aliphatic carbocycles. The van der Waals surface area contributed by atoms with Crippen LogP contribution in [-0.2, 0) is 24.4 Å². The zero-order valence-corrected chi connectivity index (χ0v) is 16.7. The number of nitrogen functional groups attached to an aromatic ring is 1. The summed E-state index contributed by atoms with van der Waals surface area (Å²) < 4.78 is 12.3. The van der Waals surface area contributed by atoms with Crippen molar-refractivity contribution in [3.8, 4) is 11.3 Å². The minimum absolute atomic E-state index is 0.00365. The maximum atomic E-state index is 12.8. The fourth-order valence-corrected chi connectivity index (χ4v) is 4.60. The summed E-state index contributed by atoms with van der Waals surface area (Å²) in [7, 11) is 1.60. The molecule has 2 bridgehead atoms. The van der Waals surface area contributed by atoms with E-state index in [2.05, 4.69) is 31.1 Å². The summed E-state index contributed by atoms with van der Waals surface area (Å²) >= 11 is 0. The van der Waals surface area contributed by atoms with Crippen LogP contribution < -0.4 is 11.3 Å². The minimum atomic E-state index is 0.00365. The second-order valence-corrected chi connectivity index (χ2v) is 7.98. The molecule has 0 spiro atoms. The number of pyridine rings is 1. The van der Waals surface area contributed by atoms with E-state index in [1.54, 1.807) is 19.2 Å². The molecule has 3 aromatic heterocycles. The van der Waals surface area contributed by atoms with E-state index in [-0.39, 0.29) is 11.5 Å². The zero-order valence-electron chi connectivity index (χ0n) is 16.7. The van der Waals surface area contributed by atoms with E-state index in [1.807, 2.05) is 4.57 Å². The van der Waals surface area contributed by atoms with Gasteiger partial charge in [0.2, 0.25) is 5.89 Å². The third-order valence-corrected chi connectivity index (χ3v) is 5.76. The molecule has 156 valence electrons. The number of hydrogen-bond acceptors (Lipinski definition) is 9. The highest BCUT2D eigenvalue weighted by Crippen LogP contribution is 2.36. The number of likely N-dealkylation sites (tertiary alicyclic amines) is 1. The monoisotopic (exact) mass is 409 g/mol. The summed E-state index contributed by atoms with van der Waals surface area (Å²) in [4.78, 5) is 27.8. The number of rotatable bonds is 5. The van der Waals surface area contributed by atoms with Gasteiger partial charge in [-0.05, 0) is 18.4 Å². The van der Waals surface area contributed by atoms with Crippen molar-refractivity contribution >= 4 is 5.82 Å². The van der Waals surface area contributed by atoms with Gasteiger partial charge in [-0.3, -0.25) is 9.69 Å². The Morgan fingerprint density at radius 1 is 1.23 bits per heavy atom. The molecule has 1 saturated heterocycles. The Balaban J connectivity index is 1.41. The lowest BCUT2D eigenvalue weighted by Gasteiger charge is -2.42.